The molecule has 1 atom stereocenters. The van der Waals surface area contributed by atoms with Gasteiger partial charge in [0.05, 0.1) is 0 Å². The number of anilines is 1. The van der Waals surface area contributed by atoms with E-state index in [1.165, 1.54) is 0 Å². The zero-order chi connectivity index (χ0) is 11.7. The Bertz CT molecular complexity index is 494. The minimum atomic E-state index is 0.248. The molecule has 0 aliphatic carbocycles. The molecule has 2 aromatic heterocycles. The highest BCUT2D eigenvalue weighted by molar-refractivity contribution is 5.44. The van der Waals surface area contributed by atoms with E-state index < -0.39 is 0 Å². The van der Waals surface area contributed by atoms with Gasteiger partial charge in [-0.3, -0.25) is 0 Å². The Morgan fingerprint density at radius 2 is 2.18 bits per heavy atom. The molecule has 6 nitrogen and oxygen atoms in total. The van der Waals surface area contributed by atoms with Gasteiger partial charge in [-0.25, -0.2) is 14.6 Å². The van der Waals surface area contributed by atoms with Crippen molar-refractivity contribution in [1.82, 2.24) is 19.7 Å². The first-order valence-electron chi connectivity index (χ1n) is 5.65. The van der Waals surface area contributed by atoms with Gasteiger partial charge in [0.1, 0.15) is 12.1 Å². The number of hydrogen-bond donors (Lipinski definition) is 1. The van der Waals surface area contributed by atoms with Crippen molar-refractivity contribution in [3.05, 3.63) is 30.9 Å². The average molecular weight is 230 g/mol. The van der Waals surface area contributed by atoms with E-state index in [0.717, 1.165) is 31.1 Å². The summed E-state index contributed by atoms with van der Waals surface area (Å²) >= 11 is 0. The molecular weight excluding hydrogens is 216 g/mol. The third-order valence-corrected chi connectivity index (χ3v) is 2.93. The molecule has 0 saturated carbocycles. The third-order valence-electron chi connectivity index (χ3n) is 2.93. The van der Waals surface area contributed by atoms with E-state index in [2.05, 4.69) is 20.0 Å². The summed E-state index contributed by atoms with van der Waals surface area (Å²) in [5, 5.41) is 4.15. The molecule has 3 rings (SSSR count). The highest BCUT2D eigenvalue weighted by atomic mass is 15.3. The summed E-state index contributed by atoms with van der Waals surface area (Å²) in [6.07, 6.45) is 6.17. The molecule has 2 aromatic rings. The van der Waals surface area contributed by atoms with Crippen LogP contribution in [0.1, 0.15) is 6.42 Å². The van der Waals surface area contributed by atoms with Gasteiger partial charge in [0.25, 0.3) is 0 Å². The normalized spacial score (nSPS) is 19.8. The zero-order valence-corrected chi connectivity index (χ0v) is 9.40. The van der Waals surface area contributed by atoms with Crippen LogP contribution in [-0.4, -0.2) is 38.9 Å². The SMILES string of the molecule is N[C@@H]1CCN(c2cc(-n3cccn3)ncn2)C1. The van der Waals surface area contributed by atoms with Crippen molar-refractivity contribution in [3.8, 4) is 5.82 Å². The summed E-state index contributed by atoms with van der Waals surface area (Å²) in [5.74, 6) is 1.69. The smallest absolute Gasteiger partial charge is 0.158 e. The number of hydrogen-bond acceptors (Lipinski definition) is 5. The Balaban J connectivity index is 1.89. The molecular formula is C11H14N6. The molecule has 0 spiro atoms. The van der Waals surface area contributed by atoms with E-state index in [-0.39, 0.29) is 6.04 Å². The lowest BCUT2D eigenvalue weighted by molar-refractivity contribution is 0.751. The van der Waals surface area contributed by atoms with Crippen LogP contribution in [0.15, 0.2) is 30.9 Å². The number of rotatable bonds is 2. The van der Waals surface area contributed by atoms with Crippen molar-refractivity contribution in [2.24, 2.45) is 5.73 Å². The molecule has 6 heteroatoms. The van der Waals surface area contributed by atoms with Crippen LogP contribution in [0, 0.1) is 0 Å². The van der Waals surface area contributed by atoms with Crippen LogP contribution in [0.5, 0.6) is 0 Å². The van der Waals surface area contributed by atoms with Gasteiger partial charge in [-0.2, -0.15) is 5.10 Å². The maximum Gasteiger partial charge on any atom is 0.158 e. The van der Waals surface area contributed by atoms with Crippen molar-refractivity contribution in [2.45, 2.75) is 12.5 Å². The van der Waals surface area contributed by atoms with E-state index in [1.54, 1.807) is 17.2 Å². The first kappa shape index (κ1) is 10.2. The highest BCUT2D eigenvalue weighted by Crippen LogP contribution is 2.18. The van der Waals surface area contributed by atoms with Gasteiger partial charge in [-0.15, -0.1) is 0 Å². The lowest BCUT2D eigenvalue weighted by Crippen LogP contribution is -2.27. The maximum atomic E-state index is 5.89. The van der Waals surface area contributed by atoms with Gasteiger partial charge in [0, 0.05) is 37.6 Å². The Morgan fingerprint density at radius 1 is 1.29 bits per heavy atom. The molecule has 1 aliphatic heterocycles. The molecule has 0 amide bonds. The second-order valence-electron chi connectivity index (χ2n) is 4.18. The Labute approximate surface area is 99.1 Å². The molecule has 17 heavy (non-hydrogen) atoms. The number of nitrogens with two attached hydrogens (primary N) is 1. The second-order valence-corrected chi connectivity index (χ2v) is 4.18. The van der Waals surface area contributed by atoms with Crippen LogP contribution >= 0.6 is 0 Å². The third kappa shape index (κ3) is 1.99. The Hall–Kier alpha value is -1.95. The summed E-state index contributed by atoms with van der Waals surface area (Å²) in [4.78, 5) is 10.7. The first-order valence-corrected chi connectivity index (χ1v) is 5.65. The lowest BCUT2D eigenvalue weighted by atomic mass is 10.3. The lowest BCUT2D eigenvalue weighted by Gasteiger charge is -2.16. The molecule has 88 valence electrons. The molecule has 0 radical (unpaired) electrons. The van der Waals surface area contributed by atoms with Gasteiger partial charge in [0.2, 0.25) is 0 Å². The van der Waals surface area contributed by atoms with Gasteiger partial charge < -0.3 is 10.6 Å². The second kappa shape index (κ2) is 4.14. The molecule has 2 N–H and O–H groups in total. The predicted molar refractivity (Wildman–Crippen MR) is 64.0 cm³/mol. The van der Waals surface area contributed by atoms with Gasteiger partial charge in [-0.05, 0) is 12.5 Å². The first-order chi connectivity index (χ1) is 8.33. The quantitative estimate of drug-likeness (QED) is 0.797. The minimum absolute atomic E-state index is 0.248. The fourth-order valence-electron chi connectivity index (χ4n) is 2.04. The number of aromatic nitrogens is 4. The van der Waals surface area contributed by atoms with E-state index in [4.69, 9.17) is 5.73 Å². The molecule has 3 heterocycles. The molecule has 1 fully saturated rings. The fourth-order valence-corrected chi connectivity index (χ4v) is 2.04. The maximum absolute atomic E-state index is 5.89. The van der Waals surface area contributed by atoms with Gasteiger partial charge >= 0.3 is 0 Å². The zero-order valence-electron chi connectivity index (χ0n) is 9.40. The largest absolute Gasteiger partial charge is 0.355 e. The summed E-state index contributed by atoms with van der Waals surface area (Å²) < 4.78 is 1.72. The van der Waals surface area contributed by atoms with Crippen LogP contribution in [0.4, 0.5) is 5.82 Å². The van der Waals surface area contributed by atoms with Crippen molar-refractivity contribution < 1.29 is 0 Å². The predicted octanol–water partition coefficient (Wildman–Crippen LogP) is 0.200. The standard InChI is InChI=1S/C11H14N6/c12-9-2-5-16(7-9)10-6-11(14-8-13-10)17-4-1-3-15-17/h1,3-4,6,8-9H,2,5,7,12H2/t9-/m1/s1. The Morgan fingerprint density at radius 3 is 2.88 bits per heavy atom. The Kier molecular flexibility index (Phi) is 2.49. The summed E-state index contributed by atoms with van der Waals surface area (Å²) in [6, 6.07) is 4.05. The molecule has 0 bridgehead atoms. The van der Waals surface area contributed by atoms with Crippen molar-refractivity contribution in [1.29, 1.82) is 0 Å². The van der Waals surface area contributed by atoms with Crippen molar-refractivity contribution >= 4 is 5.82 Å². The van der Waals surface area contributed by atoms with Crippen LogP contribution in [0.25, 0.3) is 5.82 Å². The monoisotopic (exact) mass is 230 g/mol. The van der Waals surface area contributed by atoms with E-state index in [1.807, 2.05) is 18.3 Å². The van der Waals surface area contributed by atoms with E-state index in [9.17, 15) is 0 Å². The van der Waals surface area contributed by atoms with Crippen LogP contribution in [0.2, 0.25) is 0 Å². The summed E-state index contributed by atoms with van der Waals surface area (Å²) in [5.41, 5.74) is 5.89. The fraction of sp³-hybridized carbons (Fsp3) is 0.364. The van der Waals surface area contributed by atoms with Crippen LogP contribution in [-0.2, 0) is 0 Å². The summed E-state index contributed by atoms with van der Waals surface area (Å²) in [6.45, 7) is 1.81. The summed E-state index contributed by atoms with van der Waals surface area (Å²) in [7, 11) is 0. The van der Waals surface area contributed by atoms with Crippen molar-refractivity contribution in [3.63, 3.8) is 0 Å². The minimum Gasteiger partial charge on any atom is -0.355 e. The molecule has 1 aliphatic rings. The highest BCUT2D eigenvalue weighted by Gasteiger charge is 2.20. The number of nitrogens with zero attached hydrogens (tertiary/aromatic N) is 5. The average Bonchev–Trinajstić information content (AvgIpc) is 3.00. The van der Waals surface area contributed by atoms with Crippen LogP contribution in [0.3, 0.4) is 0 Å². The van der Waals surface area contributed by atoms with Crippen LogP contribution < -0.4 is 10.6 Å². The molecule has 0 unspecified atom stereocenters. The molecule has 1 saturated heterocycles. The van der Waals surface area contributed by atoms with Crippen molar-refractivity contribution in [2.75, 3.05) is 18.0 Å². The topological polar surface area (TPSA) is 72.9 Å². The van der Waals surface area contributed by atoms with Gasteiger partial charge in [-0.1, -0.05) is 0 Å². The van der Waals surface area contributed by atoms with E-state index >= 15 is 0 Å². The van der Waals surface area contributed by atoms with E-state index in [0.29, 0.717) is 0 Å². The molecule has 0 aromatic carbocycles. The van der Waals surface area contributed by atoms with Gasteiger partial charge in [0.15, 0.2) is 5.82 Å².